The van der Waals surface area contributed by atoms with Gasteiger partial charge in [0.15, 0.2) is 0 Å². The van der Waals surface area contributed by atoms with Crippen molar-refractivity contribution in [3.63, 3.8) is 0 Å². The van der Waals surface area contributed by atoms with Crippen molar-refractivity contribution in [3.05, 3.63) is 29.8 Å². The molecule has 0 saturated carbocycles. The molecule has 326 valence electrons. The average molecular weight is 817 g/mol. The van der Waals surface area contributed by atoms with Crippen molar-refractivity contribution in [2.75, 3.05) is 45.3 Å². The Hall–Kier alpha value is -4.57. The van der Waals surface area contributed by atoms with Crippen LogP contribution >= 0.6 is 0 Å². The minimum Gasteiger partial charge on any atom is -0.445 e. The predicted molar refractivity (Wildman–Crippen MR) is 219 cm³/mol. The third-order valence-corrected chi connectivity index (χ3v) is 9.62. The number of nitrogens with one attached hydrogen (secondary N) is 5. The summed E-state index contributed by atoms with van der Waals surface area (Å²) in [4.78, 5) is 90.9. The summed E-state index contributed by atoms with van der Waals surface area (Å²) < 4.78 is 15.5. The molecule has 2 rings (SSSR count). The Morgan fingerprint density at radius 3 is 2.14 bits per heavy atom. The largest absolute Gasteiger partial charge is 0.445 e. The average Bonchev–Trinajstić information content (AvgIpc) is 3.44. The Morgan fingerprint density at radius 1 is 0.810 bits per heavy atom. The van der Waals surface area contributed by atoms with Gasteiger partial charge in [0, 0.05) is 51.2 Å². The van der Waals surface area contributed by atoms with Gasteiger partial charge in [-0.1, -0.05) is 53.2 Å². The van der Waals surface area contributed by atoms with Crippen LogP contribution in [0.2, 0.25) is 0 Å². The lowest BCUT2D eigenvalue weighted by Crippen LogP contribution is -2.54. The van der Waals surface area contributed by atoms with E-state index in [0.717, 1.165) is 0 Å². The summed E-state index contributed by atoms with van der Waals surface area (Å²) in [5.41, 5.74) is 0.896. The van der Waals surface area contributed by atoms with E-state index in [-0.39, 0.29) is 85.8 Å². The first kappa shape index (κ1) is 49.6. The maximum absolute atomic E-state index is 13.7. The van der Waals surface area contributed by atoms with Crippen LogP contribution in [0.1, 0.15) is 112 Å². The van der Waals surface area contributed by atoms with Crippen molar-refractivity contribution >= 4 is 47.2 Å². The quantitative estimate of drug-likeness (QED) is 0.0665. The number of alkyl carbamates (subject to hydrolysis) is 1. The number of ether oxygens (including phenoxy) is 3. The molecule has 1 saturated heterocycles. The number of hydrogen-bond acceptors (Lipinski definition) is 10. The zero-order valence-corrected chi connectivity index (χ0v) is 35.8. The van der Waals surface area contributed by atoms with Crippen LogP contribution in [0.15, 0.2) is 24.3 Å². The Labute approximate surface area is 344 Å². The number of methoxy groups -OCH3 is 1. The Balaban J connectivity index is 1.97. The summed E-state index contributed by atoms with van der Waals surface area (Å²) in [6.45, 7) is 15.0. The van der Waals surface area contributed by atoms with Crippen LogP contribution < -0.4 is 26.6 Å². The predicted octanol–water partition coefficient (Wildman–Crippen LogP) is 4.21. The monoisotopic (exact) mass is 816 g/mol. The van der Waals surface area contributed by atoms with Crippen LogP contribution in [-0.2, 0) is 49.6 Å². The van der Waals surface area contributed by atoms with Crippen molar-refractivity contribution in [3.8, 4) is 0 Å². The van der Waals surface area contributed by atoms with E-state index in [1.165, 1.54) is 4.90 Å². The molecule has 7 amide bonds. The van der Waals surface area contributed by atoms with Gasteiger partial charge in [0.25, 0.3) is 0 Å². The third-order valence-electron chi connectivity index (χ3n) is 9.62. The number of anilines is 1. The number of hydrogen-bond donors (Lipinski definition) is 5. The molecule has 3 atom stereocenters. The highest BCUT2D eigenvalue weighted by molar-refractivity contribution is 6.04. The number of carbonyl (C=O) groups is 7. The molecule has 1 aromatic carbocycles. The zero-order valence-electron chi connectivity index (χ0n) is 35.8. The minimum atomic E-state index is -0.952. The maximum Gasteiger partial charge on any atom is 0.407 e. The first-order chi connectivity index (χ1) is 27.4. The van der Waals surface area contributed by atoms with E-state index in [9.17, 15) is 33.6 Å². The van der Waals surface area contributed by atoms with E-state index in [1.54, 1.807) is 45.2 Å². The van der Waals surface area contributed by atoms with Gasteiger partial charge in [-0.25, -0.2) is 4.79 Å². The summed E-state index contributed by atoms with van der Waals surface area (Å²) in [5, 5.41) is 14.0. The second kappa shape index (κ2) is 25.7. The first-order valence-corrected chi connectivity index (χ1v) is 20.5. The number of amides is 7. The molecule has 5 N–H and O–H groups in total. The second-order valence-electron chi connectivity index (χ2n) is 16.4. The second-order valence-corrected chi connectivity index (χ2v) is 16.4. The highest BCUT2D eigenvalue weighted by Crippen LogP contribution is 2.35. The van der Waals surface area contributed by atoms with Crippen LogP contribution in [-0.4, -0.2) is 105 Å². The van der Waals surface area contributed by atoms with E-state index in [0.29, 0.717) is 69.7 Å². The molecule has 0 aliphatic carbocycles. The Morgan fingerprint density at radius 2 is 1.52 bits per heavy atom. The molecule has 1 fully saturated rings. The molecule has 0 spiro atoms. The summed E-state index contributed by atoms with van der Waals surface area (Å²) in [5.74, 6) is -2.34. The Bertz CT molecular complexity index is 1490. The van der Waals surface area contributed by atoms with Gasteiger partial charge in [-0.15, -0.1) is 0 Å². The number of unbranched alkanes of at least 4 members (excludes halogenated alkanes) is 3. The van der Waals surface area contributed by atoms with Gasteiger partial charge in [0.1, 0.15) is 18.7 Å². The van der Waals surface area contributed by atoms with Crippen molar-refractivity contribution in [1.29, 1.82) is 0 Å². The summed E-state index contributed by atoms with van der Waals surface area (Å²) >= 11 is 0. The topological polar surface area (TPSA) is 211 Å². The number of imide groups is 1. The summed E-state index contributed by atoms with van der Waals surface area (Å²) in [6.07, 6.45) is 3.08. The third kappa shape index (κ3) is 18.8. The van der Waals surface area contributed by atoms with Crippen LogP contribution in [0, 0.1) is 17.3 Å². The van der Waals surface area contributed by atoms with E-state index in [2.05, 4.69) is 26.6 Å². The normalized spacial score (nSPS) is 15.3. The fourth-order valence-electron chi connectivity index (χ4n) is 6.18. The summed E-state index contributed by atoms with van der Waals surface area (Å²) in [6, 6.07) is 4.86. The number of carbonyl (C=O) groups excluding carboxylic acids is 7. The van der Waals surface area contributed by atoms with Gasteiger partial charge in [-0.3, -0.25) is 33.7 Å². The molecule has 1 aromatic rings. The molecule has 1 aliphatic heterocycles. The van der Waals surface area contributed by atoms with Crippen LogP contribution in [0.3, 0.4) is 0 Å². The minimum absolute atomic E-state index is 0.0455. The number of rotatable bonds is 26. The molecule has 0 radical (unpaired) electrons. The van der Waals surface area contributed by atoms with Crippen molar-refractivity contribution in [1.82, 2.24) is 26.2 Å². The van der Waals surface area contributed by atoms with Crippen molar-refractivity contribution in [2.24, 2.45) is 17.3 Å². The van der Waals surface area contributed by atoms with E-state index >= 15 is 0 Å². The highest BCUT2D eigenvalue weighted by atomic mass is 16.5. The van der Waals surface area contributed by atoms with Crippen LogP contribution in [0.25, 0.3) is 0 Å². The highest BCUT2D eigenvalue weighted by Gasteiger charge is 2.44. The van der Waals surface area contributed by atoms with E-state index < -0.39 is 30.0 Å². The molecule has 1 aliphatic rings. The number of likely N-dealkylation sites (tertiary alicyclic amines) is 1. The van der Waals surface area contributed by atoms with E-state index in [1.807, 2.05) is 34.6 Å². The van der Waals surface area contributed by atoms with Gasteiger partial charge >= 0.3 is 6.09 Å². The summed E-state index contributed by atoms with van der Waals surface area (Å²) in [7, 11) is 1.57. The molecule has 0 bridgehead atoms. The van der Waals surface area contributed by atoms with Crippen LogP contribution in [0.5, 0.6) is 0 Å². The molecule has 1 unspecified atom stereocenters. The molecule has 16 heteroatoms. The van der Waals surface area contributed by atoms with Gasteiger partial charge in [-0.05, 0) is 75.0 Å². The van der Waals surface area contributed by atoms with Crippen molar-refractivity contribution < 1.29 is 47.8 Å². The van der Waals surface area contributed by atoms with E-state index in [4.69, 9.17) is 14.2 Å². The van der Waals surface area contributed by atoms with Crippen molar-refractivity contribution in [2.45, 2.75) is 131 Å². The van der Waals surface area contributed by atoms with Gasteiger partial charge in [0.05, 0.1) is 25.7 Å². The molecule has 16 nitrogen and oxygen atoms in total. The molecule has 1 heterocycles. The van der Waals surface area contributed by atoms with Gasteiger partial charge in [0.2, 0.25) is 35.4 Å². The number of nitrogens with zero attached hydrogens (tertiary/aromatic N) is 1. The smallest absolute Gasteiger partial charge is 0.407 e. The Kier molecular flexibility index (Phi) is 22.0. The molecule has 0 aromatic heterocycles. The molecular weight excluding hydrogens is 748 g/mol. The SMILES string of the molecule is COCCOCCC(=O)NCCCC[C@H](NC(=O)[C@@H](NC(=O)CCCCCN1C(=O)CC(C(C)(C)C)C1=O)C(C)C)C(=O)Nc1ccc(COC(=O)NC(C)C)cc1. The lowest BCUT2D eigenvalue weighted by molar-refractivity contribution is -0.140. The first-order valence-electron chi connectivity index (χ1n) is 20.5. The number of benzene rings is 1. The maximum atomic E-state index is 13.7. The zero-order chi connectivity index (χ0) is 43.3. The molecule has 58 heavy (non-hydrogen) atoms. The van der Waals surface area contributed by atoms with Gasteiger partial charge < -0.3 is 40.8 Å². The fourth-order valence-corrected chi connectivity index (χ4v) is 6.18. The fraction of sp³-hybridized carbons (Fsp3) is 0.690. The lowest BCUT2D eigenvalue weighted by atomic mass is 9.80. The standard InChI is InChI=1S/C42H68N6O10/c1-28(2)37(47-35(50)15-10-9-13-22-48-36(51)26-32(40(48)54)42(5,6)7)39(53)46-33(14-11-12-21-43-34(49)20-23-57-25-24-56-8)38(52)45-31-18-16-30(17-19-31)27-58-41(55)44-29(3)4/h16-19,28-29,32-33,37H,9-15,20-27H2,1-8H3,(H,43,49)(H,44,55)(H,45,52)(H,46,53)(H,47,50)/t32?,33-,37-/m0/s1. The van der Waals surface area contributed by atoms with Crippen LogP contribution in [0.4, 0.5) is 10.5 Å². The van der Waals surface area contributed by atoms with Gasteiger partial charge in [-0.2, -0.15) is 0 Å². The lowest BCUT2D eigenvalue weighted by Gasteiger charge is -2.25. The molecular formula is C42H68N6O10.